The number of hydrogen-bond donors (Lipinski definition) is 0. The van der Waals surface area contributed by atoms with E-state index < -0.39 is 0 Å². The van der Waals surface area contributed by atoms with Crippen molar-refractivity contribution in [2.24, 2.45) is 5.92 Å². The van der Waals surface area contributed by atoms with Crippen LogP contribution in [0, 0.1) is 23.7 Å². The number of hydrogen-bond acceptors (Lipinski definition) is 1. The van der Waals surface area contributed by atoms with Crippen LogP contribution in [0.15, 0.2) is 30.3 Å². The second-order valence-electron chi connectivity index (χ2n) is 4.47. The molecule has 0 amide bonds. The van der Waals surface area contributed by atoms with Crippen LogP contribution in [0.25, 0.3) is 0 Å². The summed E-state index contributed by atoms with van der Waals surface area (Å²) in [5.74, 6) is 7.25. The molecule has 1 heteroatoms. The van der Waals surface area contributed by atoms with Crippen LogP contribution >= 0.6 is 0 Å². The Balaban J connectivity index is 2.20. The van der Waals surface area contributed by atoms with Crippen molar-refractivity contribution in [2.45, 2.75) is 32.6 Å². The molecule has 1 aromatic rings. The van der Waals surface area contributed by atoms with Gasteiger partial charge in [0.1, 0.15) is 5.92 Å². The zero-order chi connectivity index (χ0) is 12.1. The Bertz CT molecular complexity index is 430. The molecule has 1 aliphatic rings. The first kappa shape index (κ1) is 11.9. The lowest BCUT2D eigenvalue weighted by atomic mass is 9.85. The monoisotopic (exact) mass is 225 g/mol. The van der Waals surface area contributed by atoms with Crippen LogP contribution in [-0.4, -0.2) is 5.78 Å². The second-order valence-corrected chi connectivity index (χ2v) is 4.47. The number of benzene rings is 1. The van der Waals surface area contributed by atoms with E-state index in [1.54, 1.807) is 6.92 Å². The molecule has 0 spiro atoms. The predicted molar refractivity (Wildman–Crippen MR) is 69.4 cm³/mol. The molecular weight excluding hydrogens is 208 g/mol. The molecule has 17 heavy (non-hydrogen) atoms. The van der Waals surface area contributed by atoms with Gasteiger partial charge in [0.15, 0.2) is 5.78 Å². The fraction of sp³-hybridized carbons (Fsp3) is 0.375. The van der Waals surface area contributed by atoms with E-state index in [4.69, 9.17) is 0 Å². The lowest BCUT2D eigenvalue weighted by Gasteiger charge is -2.15. The van der Waals surface area contributed by atoms with Crippen LogP contribution in [0.1, 0.15) is 43.0 Å². The Morgan fingerprint density at radius 1 is 1.18 bits per heavy atom. The van der Waals surface area contributed by atoms with Crippen molar-refractivity contribution < 1.29 is 4.79 Å². The lowest BCUT2D eigenvalue weighted by Crippen LogP contribution is -2.18. The Hall–Kier alpha value is -1.55. The van der Waals surface area contributed by atoms with Gasteiger partial charge in [0.25, 0.3) is 0 Å². The van der Waals surface area contributed by atoms with Crippen molar-refractivity contribution in [2.75, 3.05) is 0 Å². The molecule has 1 aliphatic carbocycles. The van der Waals surface area contributed by atoms with Gasteiger partial charge in [-0.2, -0.15) is 0 Å². The molecule has 0 aromatic heterocycles. The summed E-state index contributed by atoms with van der Waals surface area (Å²) in [7, 11) is 0. The van der Waals surface area contributed by atoms with Crippen molar-refractivity contribution in [3.8, 4) is 11.8 Å². The Kier molecular flexibility index (Phi) is 3.98. The minimum atomic E-state index is 0.117. The van der Waals surface area contributed by atoms with Gasteiger partial charge in [-0.3, -0.25) is 4.79 Å². The zero-order valence-corrected chi connectivity index (χ0v) is 10.2. The summed E-state index contributed by atoms with van der Waals surface area (Å²) < 4.78 is 0. The fourth-order valence-corrected chi connectivity index (χ4v) is 2.44. The Morgan fingerprint density at radius 3 is 2.41 bits per heavy atom. The maximum atomic E-state index is 12.4. The van der Waals surface area contributed by atoms with Gasteiger partial charge in [-0.1, -0.05) is 49.1 Å². The van der Waals surface area contributed by atoms with Crippen molar-refractivity contribution >= 4 is 5.78 Å². The van der Waals surface area contributed by atoms with Crippen molar-refractivity contribution in [3.05, 3.63) is 41.8 Å². The van der Waals surface area contributed by atoms with Crippen LogP contribution in [0.4, 0.5) is 0 Å². The van der Waals surface area contributed by atoms with E-state index in [0.717, 1.165) is 24.3 Å². The molecule has 0 aliphatic heterocycles. The summed E-state index contributed by atoms with van der Waals surface area (Å²) in [5, 5.41) is 0. The lowest BCUT2D eigenvalue weighted by molar-refractivity contribution is 0.0999. The standard InChI is InChI=1S/C16H17O/c1-2-8-15(13-9-6-7-10-13)16(17)14-11-4-3-5-12-14/h3-5,11-13H,6-7,9-10H2,1H3. The predicted octanol–water partition coefficient (Wildman–Crippen LogP) is 3.66. The average Bonchev–Trinajstić information content (AvgIpc) is 2.90. The first-order chi connectivity index (χ1) is 8.33. The number of ketones is 1. The molecular formula is C16H17O. The van der Waals surface area contributed by atoms with E-state index in [1.807, 2.05) is 30.3 Å². The van der Waals surface area contributed by atoms with Gasteiger partial charge < -0.3 is 0 Å². The van der Waals surface area contributed by atoms with Gasteiger partial charge in [0.2, 0.25) is 0 Å². The molecule has 1 nitrogen and oxygen atoms in total. The fourth-order valence-electron chi connectivity index (χ4n) is 2.44. The molecule has 87 valence electrons. The molecule has 0 bridgehead atoms. The molecule has 1 saturated carbocycles. The molecule has 0 heterocycles. The summed E-state index contributed by atoms with van der Waals surface area (Å²) in [6.45, 7) is 1.80. The van der Waals surface area contributed by atoms with Crippen LogP contribution < -0.4 is 0 Å². The van der Waals surface area contributed by atoms with Gasteiger partial charge in [-0.05, 0) is 25.7 Å². The summed E-state index contributed by atoms with van der Waals surface area (Å²) in [4.78, 5) is 12.4. The third-order valence-electron chi connectivity index (χ3n) is 3.30. The number of carbonyl (C=O) groups excluding carboxylic acids is 1. The number of Topliss-reactive ketones (excluding diaryl/α,β-unsaturated/α-hetero) is 1. The Morgan fingerprint density at radius 2 is 1.82 bits per heavy atom. The minimum absolute atomic E-state index is 0.117. The minimum Gasteiger partial charge on any atom is -0.292 e. The molecule has 2 rings (SSSR count). The summed E-state index contributed by atoms with van der Waals surface area (Å²) in [6, 6.07) is 9.47. The van der Waals surface area contributed by atoms with Gasteiger partial charge in [0, 0.05) is 5.56 Å². The van der Waals surface area contributed by atoms with E-state index in [2.05, 4.69) is 11.8 Å². The highest BCUT2D eigenvalue weighted by Crippen LogP contribution is 2.34. The van der Waals surface area contributed by atoms with Crippen LogP contribution in [0.3, 0.4) is 0 Å². The highest BCUT2D eigenvalue weighted by Gasteiger charge is 2.30. The second kappa shape index (κ2) is 5.68. The highest BCUT2D eigenvalue weighted by molar-refractivity contribution is 6.09. The van der Waals surface area contributed by atoms with Crippen molar-refractivity contribution in [1.82, 2.24) is 0 Å². The first-order valence-electron chi connectivity index (χ1n) is 6.22. The number of rotatable bonds is 3. The maximum absolute atomic E-state index is 12.4. The van der Waals surface area contributed by atoms with E-state index in [0.29, 0.717) is 5.92 Å². The van der Waals surface area contributed by atoms with Crippen molar-refractivity contribution in [3.63, 3.8) is 0 Å². The molecule has 1 aromatic carbocycles. The summed E-state index contributed by atoms with van der Waals surface area (Å²) in [5.41, 5.74) is 0.761. The third-order valence-corrected chi connectivity index (χ3v) is 3.30. The zero-order valence-electron chi connectivity index (χ0n) is 10.2. The summed E-state index contributed by atoms with van der Waals surface area (Å²) >= 11 is 0. The molecule has 0 unspecified atom stereocenters. The average molecular weight is 225 g/mol. The first-order valence-corrected chi connectivity index (χ1v) is 6.22. The van der Waals surface area contributed by atoms with Crippen LogP contribution in [-0.2, 0) is 0 Å². The largest absolute Gasteiger partial charge is 0.292 e. The topological polar surface area (TPSA) is 17.1 Å². The highest BCUT2D eigenvalue weighted by atomic mass is 16.1. The molecule has 0 saturated heterocycles. The van der Waals surface area contributed by atoms with Crippen molar-refractivity contribution in [1.29, 1.82) is 0 Å². The normalized spacial score (nSPS) is 15.6. The smallest absolute Gasteiger partial charge is 0.183 e. The van der Waals surface area contributed by atoms with Crippen LogP contribution in [0.5, 0.6) is 0 Å². The van der Waals surface area contributed by atoms with Gasteiger partial charge >= 0.3 is 0 Å². The van der Waals surface area contributed by atoms with Gasteiger partial charge in [-0.25, -0.2) is 0 Å². The van der Waals surface area contributed by atoms with Crippen LogP contribution in [0.2, 0.25) is 0 Å². The third kappa shape index (κ3) is 2.77. The molecule has 0 atom stereocenters. The molecule has 1 radical (unpaired) electrons. The number of carbonyl (C=O) groups is 1. The van der Waals surface area contributed by atoms with E-state index in [9.17, 15) is 4.79 Å². The van der Waals surface area contributed by atoms with E-state index in [-0.39, 0.29) is 5.78 Å². The molecule has 1 fully saturated rings. The van der Waals surface area contributed by atoms with E-state index in [1.165, 1.54) is 12.8 Å². The quantitative estimate of drug-likeness (QED) is 0.567. The summed E-state index contributed by atoms with van der Waals surface area (Å²) in [6.07, 6.45) is 4.68. The van der Waals surface area contributed by atoms with Gasteiger partial charge in [0.05, 0.1) is 0 Å². The SMILES string of the molecule is CC#C[C](C(=O)c1ccccc1)C1CCCC1. The Labute approximate surface area is 103 Å². The van der Waals surface area contributed by atoms with Gasteiger partial charge in [-0.15, -0.1) is 5.92 Å². The maximum Gasteiger partial charge on any atom is 0.183 e. The molecule has 0 N–H and O–H groups in total. The van der Waals surface area contributed by atoms with E-state index >= 15 is 0 Å².